The Balaban J connectivity index is 1.40. The van der Waals surface area contributed by atoms with E-state index in [1.165, 1.54) is 6.92 Å². The zero-order chi connectivity index (χ0) is 26.2. The van der Waals surface area contributed by atoms with Crippen molar-refractivity contribution in [2.45, 2.75) is 38.1 Å². The first-order valence-electron chi connectivity index (χ1n) is 11.7. The molecule has 2 N–H and O–H groups in total. The van der Waals surface area contributed by atoms with E-state index in [-0.39, 0.29) is 18.1 Å². The summed E-state index contributed by atoms with van der Waals surface area (Å²) in [5, 5.41) is 4.93. The topological polar surface area (TPSA) is 116 Å². The zero-order valence-corrected chi connectivity index (χ0v) is 22.5. The van der Waals surface area contributed by atoms with Crippen molar-refractivity contribution in [3.8, 4) is 9.88 Å². The van der Waals surface area contributed by atoms with E-state index in [1.54, 1.807) is 46.9 Å². The number of thiophene rings is 1. The molecule has 8 nitrogen and oxygen atoms in total. The minimum Gasteiger partial charge on any atom is -0.326 e. The maximum absolute atomic E-state index is 13.4. The number of carbonyl (C=O) groups excluding carboxylic acids is 2. The van der Waals surface area contributed by atoms with Crippen molar-refractivity contribution >= 4 is 44.7 Å². The van der Waals surface area contributed by atoms with Gasteiger partial charge in [-0.3, -0.25) is 18.9 Å². The Morgan fingerprint density at radius 1 is 1.16 bits per heavy atom. The molecule has 1 fully saturated rings. The van der Waals surface area contributed by atoms with Gasteiger partial charge in [-0.1, -0.05) is 35.9 Å². The summed E-state index contributed by atoms with van der Waals surface area (Å²) in [7, 11) is -4.31. The van der Waals surface area contributed by atoms with Gasteiger partial charge in [-0.05, 0) is 55.3 Å². The van der Waals surface area contributed by atoms with Gasteiger partial charge in [0.25, 0.3) is 0 Å². The first-order chi connectivity index (χ1) is 17.6. The number of nitrogens with zero attached hydrogens (tertiary/aromatic N) is 2. The van der Waals surface area contributed by atoms with E-state index in [9.17, 15) is 18.0 Å². The van der Waals surface area contributed by atoms with Gasteiger partial charge in [0.1, 0.15) is 10.5 Å². The van der Waals surface area contributed by atoms with Crippen molar-refractivity contribution in [2.24, 2.45) is 0 Å². The van der Waals surface area contributed by atoms with E-state index in [2.05, 4.69) is 4.72 Å². The fourth-order valence-electron chi connectivity index (χ4n) is 4.64. The van der Waals surface area contributed by atoms with Crippen LogP contribution in [0.1, 0.15) is 47.8 Å². The van der Waals surface area contributed by atoms with Crippen LogP contribution >= 0.6 is 22.7 Å². The van der Waals surface area contributed by atoms with Gasteiger partial charge in [-0.15, -0.1) is 22.7 Å². The van der Waals surface area contributed by atoms with Crippen LogP contribution in [0.4, 0.5) is 0 Å². The van der Waals surface area contributed by atoms with Gasteiger partial charge in [0, 0.05) is 16.6 Å². The predicted molar refractivity (Wildman–Crippen MR) is 144 cm³/mol. The van der Waals surface area contributed by atoms with Crippen molar-refractivity contribution in [2.75, 3.05) is 6.54 Å². The lowest BCUT2D eigenvalue weighted by molar-refractivity contribution is -0.126. The monoisotopic (exact) mass is 555 g/mol. The number of rotatable bonds is 9. The molecule has 1 aliphatic heterocycles. The molecule has 5 rings (SSSR count). The van der Waals surface area contributed by atoms with E-state index >= 15 is 0 Å². The SMILES string of the molecule is CC(=O)c1cccc(CC(=O)N2CC2(CC2=CC=C(NS(=O)(=O)O)CC2)c2csc(-c3cccs3)n2)c1. The molecule has 1 saturated heterocycles. The number of thiazole rings is 1. The highest BCUT2D eigenvalue weighted by Gasteiger charge is 2.57. The fraction of sp³-hybridized carbons (Fsp3) is 0.269. The van der Waals surface area contributed by atoms with Crippen molar-refractivity contribution in [1.29, 1.82) is 0 Å². The first kappa shape index (κ1) is 25.5. The largest absolute Gasteiger partial charge is 0.357 e. The maximum atomic E-state index is 13.4. The van der Waals surface area contributed by atoms with E-state index in [0.29, 0.717) is 37.1 Å². The third kappa shape index (κ3) is 5.74. The molecule has 1 amide bonds. The zero-order valence-electron chi connectivity index (χ0n) is 20.0. The molecule has 0 radical (unpaired) electrons. The van der Waals surface area contributed by atoms with Gasteiger partial charge < -0.3 is 4.90 Å². The Labute approximate surface area is 223 Å². The molecule has 3 aromatic rings. The summed E-state index contributed by atoms with van der Waals surface area (Å²) in [6.45, 7) is 2.04. The molecule has 0 spiro atoms. The summed E-state index contributed by atoms with van der Waals surface area (Å²) in [4.78, 5) is 33.0. The van der Waals surface area contributed by atoms with Crippen molar-refractivity contribution in [3.05, 3.63) is 87.4 Å². The van der Waals surface area contributed by atoms with E-state index in [4.69, 9.17) is 9.54 Å². The molecule has 0 bridgehead atoms. The highest BCUT2D eigenvalue weighted by Crippen LogP contribution is 2.50. The summed E-state index contributed by atoms with van der Waals surface area (Å²) in [5.41, 5.74) is 3.13. The number of hydrogen-bond donors (Lipinski definition) is 2. The first-order valence-corrected chi connectivity index (χ1v) is 14.9. The molecule has 1 aliphatic carbocycles. The second kappa shape index (κ2) is 9.97. The summed E-state index contributed by atoms with van der Waals surface area (Å²) in [5.74, 6) is -0.0776. The molecule has 1 aromatic carbocycles. The van der Waals surface area contributed by atoms with Crippen LogP contribution < -0.4 is 4.72 Å². The molecule has 2 aromatic heterocycles. The number of carbonyl (C=O) groups is 2. The van der Waals surface area contributed by atoms with E-state index < -0.39 is 15.8 Å². The Hall–Kier alpha value is -3.12. The molecule has 3 heterocycles. The van der Waals surface area contributed by atoms with E-state index in [1.807, 2.05) is 39.9 Å². The molecular formula is C26H25N3O5S3. The minimum atomic E-state index is -4.31. The summed E-state index contributed by atoms with van der Waals surface area (Å²) < 4.78 is 33.5. The second-order valence-corrected chi connectivity index (χ2v) is 12.2. The van der Waals surface area contributed by atoms with Crippen LogP contribution in [-0.2, 0) is 27.1 Å². The van der Waals surface area contributed by atoms with Crippen LogP contribution in [-0.4, -0.2) is 41.1 Å². The Morgan fingerprint density at radius 3 is 2.68 bits per heavy atom. The molecule has 0 saturated carbocycles. The highest BCUT2D eigenvalue weighted by molar-refractivity contribution is 7.83. The molecule has 37 heavy (non-hydrogen) atoms. The highest BCUT2D eigenvalue weighted by atomic mass is 32.2. The lowest BCUT2D eigenvalue weighted by atomic mass is 9.90. The molecular weight excluding hydrogens is 531 g/mol. The van der Waals surface area contributed by atoms with Gasteiger partial charge in [0.15, 0.2) is 5.78 Å². The Morgan fingerprint density at radius 2 is 2.00 bits per heavy atom. The number of nitrogens with one attached hydrogen (secondary N) is 1. The molecule has 1 atom stereocenters. The number of hydrogen-bond acceptors (Lipinski definition) is 7. The van der Waals surface area contributed by atoms with Crippen molar-refractivity contribution in [3.63, 3.8) is 0 Å². The number of allylic oxidation sites excluding steroid dienone is 3. The van der Waals surface area contributed by atoms with Crippen LogP contribution in [0.15, 0.2) is 70.6 Å². The number of benzene rings is 1. The average molecular weight is 556 g/mol. The van der Waals surface area contributed by atoms with Gasteiger partial charge in [-0.25, -0.2) is 4.98 Å². The van der Waals surface area contributed by atoms with Gasteiger partial charge in [0.2, 0.25) is 5.91 Å². The van der Waals surface area contributed by atoms with Gasteiger partial charge >= 0.3 is 10.3 Å². The molecule has 2 aliphatic rings. The average Bonchev–Trinajstić information content (AvgIpc) is 3.21. The summed E-state index contributed by atoms with van der Waals surface area (Å²) in [6, 6.07) is 11.2. The lowest BCUT2D eigenvalue weighted by Crippen LogP contribution is -2.25. The van der Waals surface area contributed by atoms with Gasteiger partial charge in [-0.2, -0.15) is 8.42 Å². The normalized spacial score (nSPS) is 19.2. The third-order valence-electron chi connectivity index (χ3n) is 6.55. The standard InChI is InChI=1S/C26H25N3O5S3/c1-17(30)20-5-2-4-19(12-20)13-24(31)29-16-26(29,23-15-36-25(27-23)22-6-3-11-35-22)14-18-7-9-21(10-8-18)28-37(32,33)34/h2-7,9,11-12,15,28H,8,10,13-14,16H2,1H3,(H,32,33,34). The molecule has 1 unspecified atom stereocenters. The Kier molecular flexibility index (Phi) is 6.88. The quantitative estimate of drug-likeness (QED) is 0.224. The lowest BCUT2D eigenvalue weighted by Gasteiger charge is -2.21. The minimum absolute atomic E-state index is 0.0351. The van der Waals surface area contributed by atoms with Crippen molar-refractivity contribution in [1.82, 2.24) is 14.6 Å². The number of amides is 1. The van der Waals surface area contributed by atoms with Crippen molar-refractivity contribution < 1.29 is 22.6 Å². The maximum Gasteiger partial charge on any atom is 0.357 e. The van der Waals surface area contributed by atoms with Gasteiger partial charge in [0.05, 0.1) is 23.5 Å². The summed E-state index contributed by atoms with van der Waals surface area (Å²) in [6.07, 6.45) is 5.30. The van der Waals surface area contributed by atoms with Crippen LogP contribution in [0, 0.1) is 0 Å². The summed E-state index contributed by atoms with van der Waals surface area (Å²) >= 11 is 3.17. The van der Waals surface area contributed by atoms with Crippen LogP contribution in [0.5, 0.6) is 0 Å². The number of ketones is 1. The second-order valence-electron chi connectivity index (χ2n) is 9.23. The number of Topliss-reactive ketones (excluding diaryl/α,β-unsaturated/α-hetero) is 1. The molecule has 11 heteroatoms. The van der Waals surface area contributed by atoms with Crippen LogP contribution in [0.3, 0.4) is 0 Å². The number of aromatic nitrogens is 1. The Bertz CT molecular complexity index is 1520. The molecule has 192 valence electrons. The smallest absolute Gasteiger partial charge is 0.326 e. The van der Waals surface area contributed by atoms with Crippen LogP contribution in [0.25, 0.3) is 9.88 Å². The predicted octanol–water partition coefficient (Wildman–Crippen LogP) is 4.74. The van der Waals surface area contributed by atoms with Crippen LogP contribution in [0.2, 0.25) is 0 Å². The fourth-order valence-corrected chi connectivity index (χ4v) is 6.87. The third-order valence-corrected chi connectivity index (χ3v) is 8.95. The van der Waals surface area contributed by atoms with E-state index in [0.717, 1.165) is 26.7 Å².